The highest BCUT2D eigenvalue weighted by molar-refractivity contribution is 4.94. The molecule has 11 heavy (non-hydrogen) atoms. The Balaban J connectivity index is 2.29. The highest BCUT2D eigenvalue weighted by Crippen LogP contribution is 2.11. The Morgan fingerprint density at radius 2 is 2.27 bits per heavy atom. The van der Waals surface area contributed by atoms with Gasteiger partial charge in [-0.2, -0.15) is 0 Å². The van der Waals surface area contributed by atoms with Gasteiger partial charge in [-0.3, -0.25) is 0 Å². The van der Waals surface area contributed by atoms with Gasteiger partial charge in [0.25, 0.3) is 0 Å². The van der Waals surface area contributed by atoms with Crippen LogP contribution in [0, 0.1) is 0 Å². The Morgan fingerprint density at radius 1 is 1.36 bits per heavy atom. The third kappa shape index (κ3) is 3.57. The number of rotatable bonds is 2. The van der Waals surface area contributed by atoms with Crippen molar-refractivity contribution in [2.24, 2.45) is 0 Å². The van der Waals surface area contributed by atoms with E-state index in [-0.39, 0.29) is 0 Å². The van der Waals surface area contributed by atoms with Gasteiger partial charge in [-0.1, -0.05) is 31.9 Å². The smallest absolute Gasteiger partial charge is 0.0249 e. The zero-order valence-electron chi connectivity index (χ0n) is 7.47. The first-order chi connectivity index (χ1) is 5.43. The quantitative estimate of drug-likeness (QED) is 0.601. The van der Waals surface area contributed by atoms with Crippen molar-refractivity contribution < 1.29 is 0 Å². The lowest BCUT2D eigenvalue weighted by Gasteiger charge is -2.15. The third-order valence-corrected chi connectivity index (χ3v) is 2.22. The molecule has 0 radical (unpaired) electrons. The van der Waals surface area contributed by atoms with Gasteiger partial charge in [-0.15, -0.1) is 0 Å². The normalized spacial score (nSPS) is 29.0. The van der Waals surface area contributed by atoms with Crippen molar-refractivity contribution in [2.75, 3.05) is 6.54 Å². The zero-order chi connectivity index (χ0) is 7.94. The van der Waals surface area contributed by atoms with Gasteiger partial charge in [0.2, 0.25) is 0 Å². The van der Waals surface area contributed by atoms with Crippen LogP contribution in [-0.2, 0) is 0 Å². The van der Waals surface area contributed by atoms with Crippen LogP contribution in [0.25, 0.3) is 0 Å². The van der Waals surface area contributed by atoms with Crippen LogP contribution in [0.15, 0.2) is 12.2 Å². The molecule has 1 N–H and O–H groups in total. The molecule has 1 aliphatic rings. The topological polar surface area (TPSA) is 12.0 Å². The van der Waals surface area contributed by atoms with E-state index in [9.17, 15) is 0 Å². The van der Waals surface area contributed by atoms with E-state index < -0.39 is 0 Å². The molecule has 0 fully saturated rings. The summed E-state index contributed by atoms with van der Waals surface area (Å²) in [5.41, 5.74) is 0. The van der Waals surface area contributed by atoms with Gasteiger partial charge >= 0.3 is 0 Å². The predicted octanol–water partition coefficient (Wildman–Crippen LogP) is 2.48. The summed E-state index contributed by atoms with van der Waals surface area (Å²) in [5.74, 6) is 0. The first-order valence-corrected chi connectivity index (χ1v) is 4.83. The van der Waals surface area contributed by atoms with Crippen LogP contribution in [-0.4, -0.2) is 12.6 Å². The summed E-state index contributed by atoms with van der Waals surface area (Å²) in [6.07, 6.45) is 11.4. The highest BCUT2D eigenvalue weighted by Gasteiger charge is 2.03. The van der Waals surface area contributed by atoms with Crippen molar-refractivity contribution in [3.8, 4) is 0 Å². The Hall–Kier alpha value is -0.300. The lowest BCUT2D eigenvalue weighted by Crippen LogP contribution is -2.26. The zero-order valence-corrected chi connectivity index (χ0v) is 7.47. The summed E-state index contributed by atoms with van der Waals surface area (Å²) >= 11 is 0. The van der Waals surface area contributed by atoms with Crippen molar-refractivity contribution in [1.82, 2.24) is 5.32 Å². The van der Waals surface area contributed by atoms with Crippen LogP contribution in [0.5, 0.6) is 0 Å². The SMILES string of the molecule is CCNC1/C=C\CCCCC1. The molecule has 1 nitrogen and oxygen atoms in total. The molecule has 1 aliphatic carbocycles. The molecule has 0 bridgehead atoms. The molecule has 0 aromatic rings. The van der Waals surface area contributed by atoms with Crippen molar-refractivity contribution in [3.63, 3.8) is 0 Å². The maximum atomic E-state index is 3.47. The molecule has 0 aliphatic heterocycles. The first kappa shape index (κ1) is 8.79. The van der Waals surface area contributed by atoms with Gasteiger partial charge in [-0.05, 0) is 25.8 Å². The summed E-state index contributed by atoms with van der Waals surface area (Å²) in [5, 5.41) is 3.47. The largest absolute Gasteiger partial charge is 0.311 e. The van der Waals surface area contributed by atoms with E-state index in [4.69, 9.17) is 0 Å². The van der Waals surface area contributed by atoms with Gasteiger partial charge < -0.3 is 5.32 Å². The van der Waals surface area contributed by atoms with Crippen molar-refractivity contribution >= 4 is 0 Å². The standard InChI is InChI=1S/C10H19N/c1-2-11-10-8-6-4-3-5-7-9-10/h6,8,10-11H,2-5,7,9H2,1H3/b8-6-. The minimum absolute atomic E-state index is 0.653. The Morgan fingerprint density at radius 3 is 3.09 bits per heavy atom. The number of hydrogen-bond donors (Lipinski definition) is 1. The summed E-state index contributed by atoms with van der Waals surface area (Å²) in [7, 11) is 0. The molecular weight excluding hydrogens is 134 g/mol. The molecular formula is C10H19N. The lowest BCUT2D eigenvalue weighted by molar-refractivity contribution is 0.520. The second-order valence-electron chi connectivity index (χ2n) is 3.23. The Bertz CT molecular complexity index is 118. The second kappa shape index (κ2) is 5.36. The average molecular weight is 153 g/mol. The number of nitrogens with one attached hydrogen (secondary N) is 1. The maximum absolute atomic E-state index is 3.47. The maximum Gasteiger partial charge on any atom is 0.0249 e. The molecule has 1 rings (SSSR count). The van der Waals surface area contributed by atoms with E-state index in [1.165, 1.54) is 32.1 Å². The molecule has 0 aromatic heterocycles. The third-order valence-electron chi connectivity index (χ3n) is 2.22. The van der Waals surface area contributed by atoms with Crippen LogP contribution in [0.2, 0.25) is 0 Å². The minimum Gasteiger partial charge on any atom is -0.311 e. The van der Waals surface area contributed by atoms with Crippen molar-refractivity contribution in [3.05, 3.63) is 12.2 Å². The molecule has 1 unspecified atom stereocenters. The van der Waals surface area contributed by atoms with E-state index in [1.54, 1.807) is 0 Å². The first-order valence-electron chi connectivity index (χ1n) is 4.83. The number of allylic oxidation sites excluding steroid dienone is 1. The van der Waals surface area contributed by atoms with Gasteiger partial charge in [-0.25, -0.2) is 0 Å². The lowest BCUT2D eigenvalue weighted by atomic mass is 10.0. The molecule has 0 aromatic carbocycles. The molecule has 64 valence electrons. The monoisotopic (exact) mass is 153 g/mol. The molecule has 0 saturated heterocycles. The summed E-state index contributed by atoms with van der Waals surface area (Å²) in [4.78, 5) is 0. The van der Waals surface area contributed by atoms with E-state index >= 15 is 0 Å². The van der Waals surface area contributed by atoms with Gasteiger partial charge in [0.15, 0.2) is 0 Å². The fourth-order valence-electron chi connectivity index (χ4n) is 1.59. The van der Waals surface area contributed by atoms with E-state index in [0.29, 0.717) is 6.04 Å². The van der Waals surface area contributed by atoms with Gasteiger partial charge in [0, 0.05) is 6.04 Å². The molecule has 0 heterocycles. The molecule has 1 atom stereocenters. The van der Waals surface area contributed by atoms with Crippen molar-refractivity contribution in [2.45, 2.75) is 45.1 Å². The van der Waals surface area contributed by atoms with E-state index in [0.717, 1.165) is 6.54 Å². The summed E-state index contributed by atoms with van der Waals surface area (Å²) in [6, 6.07) is 0.653. The fraction of sp³-hybridized carbons (Fsp3) is 0.800. The van der Waals surface area contributed by atoms with Crippen LogP contribution in [0.4, 0.5) is 0 Å². The predicted molar refractivity (Wildman–Crippen MR) is 49.7 cm³/mol. The van der Waals surface area contributed by atoms with E-state index in [2.05, 4.69) is 24.4 Å². The molecule has 1 heteroatoms. The Labute approximate surface area is 69.9 Å². The Kier molecular flexibility index (Phi) is 4.29. The molecule has 0 saturated carbocycles. The molecule has 0 amide bonds. The number of likely N-dealkylation sites (N-methyl/N-ethyl adjacent to an activating group) is 1. The van der Waals surface area contributed by atoms with Gasteiger partial charge in [0.1, 0.15) is 0 Å². The van der Waals surface area contributed by atoms with Crippen LogP contribution in [0.3, 0.4) is 0 Å². The fourth-order valence-corrected chi connectivity index (χ4v) is 1.59. The number of hydrogen-bond acceptors (Lipinski definition) is 1. The minimum atomic E-state index is 0.653. The van der Waals surface area contributed by atoms with Crippen LogP contribution < -0.4 is 5.32 Å². The van der Waals surface area contributed by atoms with E-state index in [1.807, 2.05) is 0 Å². The molecule has 0 spiro atoms. The second-order valence-corrected chi connectivity index (χ2v) is 3.23. The average Bonchev–Trinajstić information content (AvgIpc) is 1.94. The van der Waals surface area contributed by atoms with Gasteiger partial charge in [0.05, 0.1) is 0 Å². The van der Waals surface area contributed by atoms with Crippen LogP contribution in [0.1, 0.15) is 39.0 Å². The summed E-state index contributed by atoms with van der Waals surface area (Å²) < 4.78 is 0. The summed E-state index contributed by atoms with van der Waals surface area (Å²) in [6.45, 7) is 3.27. The van der Waals surface area contributed by atoms with Crippen LogP contribution >= 0.6 is 0 Å². The highest BCUT2D eigenvalue weighted by atomic mass is 14.9. The van der Waals surface area contributed by atoms with Crippen molar-refractivity contribution in [1.29, 1.82) is 0 Å².